The summed E-state index contributed by atoms with van der Waals surface area (Å²) in [5.41, 5.74) is 4.56. The van der Waals surface area contributed by atoms with Crippen LogP contribution < -0.4 is 0 Å². The molecule has 0 amide bonds. The van der Waals surface area contributed by atoms with Crippen LogP contribution in [0.15, 0.2) is 18.2 Å². The Kier molecular flexibility index (Phi) is 16.0. The Bertz CT molecular complexity index is 427. The minimum atomic E-state index is -2.35. The molecule has 1 aromatic rings. The highest BCUT2D eigenvalue weighted by Crippen LogP contribution is 2.35. The van der Waals surface area contributed by atoms with Crippen molar-refractivity contribution in [1.82, 2.24) is 0 Å². The maximum Gasteiger partial charge on any atom is 0.248 e. The minimum Gasteiger partial charge on any atom is -0.255 e. The Morgan fingerprint density at radius 2 is 1.48 bits per heavy atom. The highest BCUT2D eigenvalue weighted by molar-refractivity contribution is 5.34. The Morgan fingerprint density at radius 3 is 1.96 bits per heavy atom. The van der Waals surface area contributed by atoms with Crippen LogP contribution in [0.3, 0.4) is 0 Å². The molecule has 1 aromatic carbocycles. The quantitative estimate of drug-likeness (QED) is 0.440. The van der Waals surface area contributed by atoms with Gasteiger partial charge in [0, 0.05) is 12.8 Å². The highest BCUT2D eigenvalue weighted by atomic mass is 19.3. The second-order valence-corrected chi connectivity index (χ2v) is 6.18. The molecule has 3 rings (SSSR count). The standard InChI is InChI=1S/C10H12.C7H12F2.2C2H6.CH3F/c1-8-5-6-9-3-2-4-10(9)7-8;1-6-3-2-4-7(8,9)5-6;3*1-2/h5-7H,2-4H2,1H3;6H,2-5H2,1H3;2*1-2H3;1H3. The van der Waals surface area contributed by atoms with Crippen molar-refractivity contribution in [1.29, 1.82) is 0 Å². The molecule has 0 saturated heterocycles. The highest BCUT2D eigenvalue weighted by Gasteiger charge is 2.33. The van der Waals surface area contributed by atoms with Crippen molar-refractivity contribution < 1.29 is 13.2 Å². The summed E-state index contributed by atoms with van der Waals surface area (Å²) in [5.74, 6) is -2.12. The summed E-state index contributed by atoms with van der Waals surface area (Å²) < 4.78 is 34.4. The smallest absolute Gasteiger partial charge is 0.248 e. The molecular formula is C22H39F3. The van der Waals surface area contributed by atoms with Crippen LogP contribution in [-0.4, -0.2) is 13.1 Å². The number of aryl methyl sites for hydroxylation is 3. The van der Waals surface area contributed by atoms with Crippen molar-refractivity contribution in [3.63, 3.8) is 0 Å². The summed E-state index contributed by atoms with van der Waals surface area (Å²) in [7, 11) is 0.500. The first-order chi connectivity index (χ1) is 12.0. The van der Waals surface area contributed by atoms with Gasteiger partial charge in [-0.15, -0.1) is 0 Å². The van der Waals surface area contributed by atoms with E-state index in [1.165, 1.54) is 24.8 Å². The molecule has 1 saturated carbocycles. The molecule has 2 aliphatic carbocycles. The molecule has 1 unspecified atom stereocenters. The molecule has 2 aliphatic rings. The van der Waals surface area contributed by atoms with Crippen LogP contribution in [0, 0.1) is 12.8 Å². The van der Waals surface area contributed by atoms with Gasteiger partial charge in [0.25, 0.3) is 0 Å². The largest absolute Gasteiger partial charge is 0.255 e. The summed E-state index contributed by atoms with van der Waals surface area (Å²) >= 11 is 0. The predicted molar refractivity (Wildman–Crippen MR) is 106 cm³/mol. The minimum absolute atomic E-state index is 0.104. The lowest BCUT2D eigenvalue weighted by atomic mass is 9.88. The molecule has 25 heavy (non-hydrogen) atoms. The first-order valence-electron chi connectivity index (χ1n) is 9.80. The van der Waals surface area contributed by atoms with Gasteiger partial charge >= 0.3 is 0 Å². The van der Waals surface area contributed by atoms with E-state index in [1.807, 2.05) is 34.6 Å². The monoisotopic (exact) mass is 360 g/mol. The maximum atomic E-state index is 12.5. The zero-order chi connectivity index (χ0) is 19.9. The van der Waals surface area contributed by atoms with E-state index in [0.717, 1.165) is 6.42 Å². The average molecular weight is 361 g/mol. The van der Waals surface area contributed by atoms with Crippen molar-refractivity contribution in [3.8, 4) is 0 Å². The SMILES string of the molecule is CC.CC.CC1CCCC(F)(F)C1.CF.Cc1ccc2c(c1)CCC2. The van der Waals surface area contributed by atoms with Gasteiger partial charge in [0.05, 0.1) is 7.18 Å². The third kappa shape index (κ3) is 11.3. The zero-order valence-electron chi connectivity index (χ0n) is 17.4. The molecule has 0 radical (unpaired) electrons. The first kappa shape index (κ1) is 26.2. The Labute approximate surface area is 154 Å². The van der Waals surface area contributed by atoms with Crippen LogP contribution in [0.1, 0.15) is 83.4 Å². The summed E-state index contributed by atoms with van der Waals surface area (Å²) in [4.78, 5) is 0. The van der Waals surface area contributed by atoms with Crippen LogP contribution >= 0.6 is 0 Å². The number of alkyl halides is 3. The van der Waals surface area contributed by atoms with Crippen LogP contribution in [-0.2, 0) is 12.8 Å². The number of benzene rings is 1. The number of hydrogen-bond acceptors (Lipinski definition) is 0. The van der Waals surface area contributed by atoms with Crippen LogP contribution in [0.5, 0.6) is 0 Å². The van der Waals surface area contributed by atoms with E-state index in [1.54, 1.807) is 11.1 Å². The van der Waals surface area contributed by atoms with E-state index in [-0.39, 0.29) is 18.8 Å². The first-order valence-corrected chi connectivity index (χ1v) is 9.80. The maximum absolute atomic E-state index is 12.5. The van der Waals surface area contributed by atoms with Gasteiger partial charge in [0.15, 0.2) is 0 Å². The molecule has 0 aromatic heterocycles. The lowest BCUT2D eigenvalue weighted by molar-refractivity contribution is -0.0494. The van der Waals surface area contributed by atoms with E-state index in [9.17, 15) is 13.2 Å². The van der Waals surface area contributed by atoms with Crippen molar-refractivity contribution in [2.75, 3.05) is 7.18 Å². The van der Waals surface area contributed by atoms with E-state index >= 15 is 0 Å². The lowest BCUT2D eigenvalue weighted by Crippen LogP contribution is -2.24. The van der Waals surface area contributed by atoms with Crippen molar-refractivity contribution in [3.05, 3.63) is 34.9 Å². The Balaban J connectivity index is 0. The van der Waals surface area contributed by atoms with Crippen molar-refractivity contribution >= 4 is 0 Å². The van der Waals surface area contributed by atoms with E-state index in [2.05, 4.69) is 25.1 Å². The fourth-order valence-corrected chi connectivity index (χ4v) is 3.12. The van der Waals surface area contributed by atoms with E-state index in [4.69, 9.17) is 0 Å². The summed E-state index contributed by atoms with van der Waals surface area (Å²) in [5, 5.41) is 0. The molecule has 0 heterocycles. The molecule has 0 N–H and O–H groups in total. The number of halogens is 3. The fraction of sp³-hybridized carbons (Fsp3) is 0.727. The summed E-state index contributed by atoms with van der Waals surface area (Å²) in [6.07, 6.45) is 5.86. The molecule has 0 spiro atoms. The molecule has 3 heteroatoms. The third-order valence-corrected chi connectivity index (χ3v) is 4.14. The van der Waals surface area contributed by atoms with E-state index < -0.39 is 5.92 Å². The van der Waals surface area contributed by atoms with Gasteiger partial charge in [-0.05, 0) is 49.7 Å². The molecule has 0 nitrogen and oxygen atoms in total. The normalized spacial score (nSPS) is 19.2. The number of fused-ring (bicyclic) bond motifs is 1. The van der Waals surface area contributed by atoms with Crippen LogP contribution in [0.4, 0.5) is 13.2 Å². The zero-order valence-corrected chi connectivity index (χ0v) is 17.4. The molecule has 148 valence electrons. The molecule has 1 fully saturated rings. The summed E-state index contributed by atoms with van der Waals surface area (Å²) in [6, 6.07) is 6.81. The van der Waals surface area contributed by atoms with Gasteiger partial charge < -0.3 is 0 Å². The van der Waals surface area contributed by atoms with Crippen LogP contribution in [0.2, 0.25) is 0 Å². The summed E-state index contributed by atoms with van der Waals surface area (Å²) in [6.45, 7) is 12.1. The van der Waals surface area contributed by atoms with Crippen LogP contribution in [0.25, 0.3) is 0 Å². The van der Waals surface area contributed by atoms with Gasteiger partial charge in [-0.2, -0.15) is 0 Å². The van der Waals surface area contributed by atoms with Crippen molar-refractivity contribution in [2.24, 2.45) is 5.92 Å². The van der Waals surface area contributed by atoms with Gasteiger partial charge in [-0.1, -0.05) is 64.8 Å². The Hall–Kier alpha value is -0.990. The van der Waals surface area contributed by atoms with E-state index in [0.29, 0.717) is 13.6 Å². The predicted octanol–water partition coefficient (Wildman–Crippen LogP) is 7.95. The van der Waals surface area contributed by atoms with Gasteiger partial charge in [0.2, 0.25) is 5.92 Å². The number of rotatable bonds is 0. The molecule has 1 atom stereocenters. The second kappa shape index (κ2) is 15.3. The Morgan fingerprint density at radius 1 is 0.920 bits per heavy atom. The second-order valence-electron chi connectivity index (χ2n) is 6.18. The lowest BCUT2D eigenvalue weighted by Gasteiger charge is -2.25. The van der Waals surface area contributed by atoms with Gasteiger partial charge in [0.1, 0.15) is 0 Å². The topological polar surface area (TPSA) is 0 Å². The molecule has 0 aliphatic heterocycles. The van der Waals surface area contributed by atoms with Crippen molar-refractivity contribution in [2.45, 2.75) is 92.4 Å². The van der Waals surface area contributed by atoms with Gasteiger partial charge in [-0.25, -0.2) is 8.78 Å². The molecular weight excluding hydrogens is 321 g/mol. The van der Waals surface area contributed by atoms with Gasteiger partial charge in [-0.3, -0.25) is 4.39 Å². The fourth-order valence-electron chi connectivity index (χ4n) is 3.12. The third-order valence-electron chi connectivity index (χ3n) is 4.14. The number of hydrogen-bond donors (Lipinski definition) is 0. The molecule has 0 bridgehead atoms. The average Bonchev–Trinajstić information content (AvgIpc) is 3.07.